The molecule has 0 unspecified atom stereocenters. The first kappa shape index (κ1) is 29.0. The molecule has 1 fully saturated rings. The SMILES string of the molecule is C=CCCCCCCC1CCC(OC(=O)c2ccc(C=CC(=O)OCCc3cc(N)cc(N)c3)cc2)CC1. The van der Waals surface area contributed by atoms with Crippen LogP contribution in [0.15, 0.2) is 61.2 Å². The molecule has 6 heteroatoms. The van der Waals surface area contributed by atoms with Crippen LogP contribution in [0.3, 0.4) is 0 Å². The maximum absolute atomic E-state index is 12.6. The molecule has 6 nitrogen and oxygen atoms in total. The summed E-state index contributed by atoms with van der Waals surface area (Å²) < 4.78 is 11.0. The number of carbonyl (C=O) groups is 2. The lowest BCUT2D eigenvalue weighted by molar-refractivity contribution is -0.137. The summed E-state index contributed by atoms with van der Waals surface area (Å²) >= 11 is 0. The van der Waals surface area contributed by atoms with Crippen LogP contribution in [0, 0.1) is 5.92 Å². The highest BCUT2D eigenvalue weighted by molar-refractivity contribution is 5.90. The smallest absolute Gasteiger partial charge is 0.338 e. The Hall–Kier alpha value is -3.54. The molecule has 0 atom stereocenters. The molecule has 0 bridgehead atoms. The minimum Gasteiger partial charge on any atom is -0.462 e. The Bertz CT molecular complexity index is 1050. The van der Waals surface area contributed by atoms with Gasteiger partial charge in [0.2, 0.25) is 0 Å². The zero-order valence-corrected chi connectivity index (χ0v) is 22.4. The molecule has 1 aliphatic carbocycles. The molecule has 38 heavy (non-hydrogen) atoms. The summed E-state index contributed by atoms with van der Waals surface area (Å²) in [6.07, 6.45) is 17.3. The third-order valence-electron chi connectivity index (χ3n) is 7.07. The highest BCUT2D eigenvalue weighted by Crippen LogP contribution is 2.30. The fourth-order valence-corrected chi connectivity index (χ4v) is 4.94. The number of anilines is 2. The topological polar surface area (TPSA) is 105 Å². The van der Waals surface area contributed by atoms with Crippen LogP contribution in [0.25, 0.3) is 6.08 Å². The van der Waals surface area contributed by atoms with Crippen molar-refractivity contribution < 1.29 is 19.1 Å². The first-order valence-corrected chi connectivity index (χ1v) is 13.8. The third-order valence-corrected chi connectivity index (χ3v) is 7.07. The van der Waals surface area contributed by atoms with Crippen molar-refractivity contribution in [2.75, 3.05) is 18.1 Å². The number of rotatable bonds is 14. The Morgan fingerprint density at radius 2 is 1.61 bits per heavy atom. The van der Waals surface area contributed by atoms with Crippen LogP contribution in [0.5, 0.6) is 0 Å². The number of ether oxygens (including phenoxy) is 2. The maximum atomic E-state index is 12.6. The molecule has 0 radical (unpaired) electrons. The van der Waals surface area contributed by atoms with Crippen molar-refractivity contribution in [3.63, 3.8) is 0 Å². The van der Waals surface area contributed by atoms with Crippen molar-refractivity contribution in [1.82, 2.24) is 0 Å². The maximum Gasteiger partial charge on any atom is 0.338 e. The Kier molecular flexibility index (Phi) is 12.0. The summed E-state index contributed by atoms with van der Waals surface area (Å²) in [6, 6.07) is 12.4. The van der Waals surface area contributed by atoms with Crippen molar-refractivity contribution in [3.05, 3.63) is 77.9 Å². The van der Waals surface area contributed by atoms with Gasteiger partial charge in [0.05, 0.1) is 12.2 Å². The van der Waals surface area contributed by atoms with Crippen LogP contribution in [0.1, 0.15) is 85.7 Å². The van der Waals surface area contributed by atoms with E-state index in [1.807, 2.05) is 18.2 Å². The zero-order chi connectivity index (χ0) is 27.2. The highest BCUT2D eigenvalue weighted by atomic mass is 16.5. The van der Waals surface area contributed by atoms with Gasteiger partial charge < -0.3 is 20.9 Å². The molecular weight excluding hydrogens is 476 g/mol. The van der Waals surface area contributed by atoms with Crippen LogP contribution in [0.4, 0.5) is 11.4 Å². The van der Waals surface area contributed by atoms with Crippen molar-refractivity contribution in [3.8, 4) is 0 Å². The molecule has 0 aromatic heterocycles. The predicted octanol–water partition coefficient (Wildman–Crippen LogP) is 6.89. The van der Waals surface area contributed by atoms with E-state index in [9.17, 15) is 9.59 Å². The van der Waals surface area contributed by atoms with E-state index in [-0.39, 0.29) is 18.7 Å². The molecule has 3 rings (SSSR count). The van der Waals surface area contributed by atoms with Gasteiger partial charge in [0.1, 0.15) is 6.10 Å². The monoisotopic (exact) mass is 518 g/mol. The third kappa shape index (κ3) is 10.4. The van der Waals surface area contributed by atoms with Gasteiger partial charge in [-0.15, -0.1) is 6.58 Å². The summed E-state index contributed by atoms with van der Waals surface area (Å²) in [5, 5.41) is 0. The number of benzene rings is 2. The first-order valence-electron chi connectivity index (χ1n) is 13.8. The molecule has 1 saturated carbocycles. The number of hydrogen-bond acceptors (Lipinski definition) is 6. The molecule has 0 saturated heterocycles. The molecule has 0 aliphatic heterocycles. The number of carbonyl (C=O) groups excluding carboxylic acids is 2. The van der Waals surface area contributed by atoms with Gasteiger partial charge in [0, 0.05) is 23.9 Å². The highest BCUT2D eigenvalue weighted by Gasteiger charge is 2.24. The summed E-state index contributed by atoms with van der Waals surface area (Å²) in [4.78, 5) is 24.6. The molecule has 2 aromatic carbocycles. The molecule has 0 amide bonds. The molecule has 4 N–H and O–H groups in total. The van der Waals surface area contributed by atoms with Crippen LogP contribution >= 0.6 is 0 Å². The number of unbranched alkanes of at least 4 members (excludes halogenated alkanes) is 4. The first-order chi connectivity index (χ1) is 18.4. The quantitative estimate of drug-likeness (QED) is 0.0927. The van der Waals surface area contributed by atoms with Gasteiger partial charge in [-0.25, -0.2) is 9.59 Å². The lowest BCUT2D eigenvalue weighted by atomic mass is 9.84. The minimum absolute atomic E-state index is 0.00412. The fourth-order valence-electron chi connectivity index (χ4n) is 4.94. The van der Waals surface area contributed by atoms with E-state index in [4.69, 9.17) is 20.9 Å². The normalized spacial score (nSPS) is 17.3. The number of hydrogen-bond donors (Lipinski definition) is 2. The lowest BCUT2D eigenvalue weighted by Crippen LogP contribution is -2.24. The van der Waals surface area contributed by atoms with E-state index < -0.39 is 5.97 Å². The minimum atomic E-state index is -0.436. The van der Waals surface area contributed by atoms with E-state index in [2.05, 4.69) is 6.58 Å². The summed E-state index contributed by atoms with van der Waals surface area (Å²) in [6.45, 7) is 4.01. The summed E-state index contributed by atoms with van der Waals surface area (Å²) in [5.74, 6) is 0.0412. The van der Waals surface area contributed by atoms with Gasteiger partial charge >= 0.3 is 11.9 Å². The van der Waals surface area contributed by atoms with E-state index in [0.29, 0.717) is 23.4 Å². The van der Waals surface area contributed by atoms with E-state index >= 15 is 0 Å². The Morgan fingerprint density at radius 1 is 0.921 bits per heavy atom. The molecular formula is C32H42N2O4. The number of nitrogens with two attached hydrogens (primary N) is 2. The van der Waals surface area contributed by atoms with E-state index in [0.717, 1.165) is 49.1 Å². The molecule has 2 aromatic rings. The average Bonchev–Trinajstić information content (AvgIpc) is 2.90. The number of allylic oxidation sites excluding steroid dienone is 1. The van der Waals surface area contributed by atoms with Crippen molar-refractivity contribution in [2.24, 2.45) is 5.92 Å². The van der Waals surface area contributed by atoms with Crippen LogP contribution in [-0.2, 0) is 20.7 Å². The van der Waals surface area contributed by atoms with Gasteiger partial charge in [0.15, 0.2) is 0 Å². The van der Waals surface area contributed by atoms with Crippen molar-refractivity contribution >= 4 is 29.4 Å². The Balaban J connectivity index is 1.33. The summed E-state index contributed by atoms with van der Waals surface area (Å²) in [7, 11) is 0. The largest absolute Gasteiger partial charge is 0.462 e. The summed E-state index contributed by atoms with van der Waals surface area (Å²) in [5.41, 5.74) is 15.0. The van der Waals surface area contributed by atoms with Crippen molar-refractivity contribution in [1.29, 1.82) is 0 Å². The van der Waals surface area contributed by atoms with Crippen LogP contribution in [0.2, 0.25) is 0 Å². The molecule has 1 aliphatic rings. The zero-order valence-electron chi connectivity index (χ0n) is 22.4. The Morgan fingerprint density at radius 3 is 2.29 bits per heavy atom. The van der Waals surface area contributed by atoms with E-state index in [1.54, 1.807) is 36.4 Å². The van der Waals surface area contributed by atoms with Crippen LogP contribution in [-0.4, -0.2) is 24.6 Å². The second-order valence-electron chi connectivity index (χ2n) is 10.2. The van der Waals surface area contributed by atoms with Gasteiger partial charge in [0.25, 0.3) is 0 Å². The average molecular weight is 519 g/mol. The van der Waals surface area contributed by atoms with Gasteiger partial charge in [-0.3, -0.25) is 0 Å². The van der Waals surface area contributed by atoms with E-state index in [1.165, 1.54) is 38.2 Å². The second kappa shape index (κ2) is 15.7. The second-order valence-corrected chi connectivity index (χ2v) is 10.2. The standard InChI is InChI=1S/C32H42N2O4/c1-2-3-4-5-6-7-8-24-11-16-30(17-12-24)38-32(36)27-14-9-25(10-15-27)13-18-31(35)37-20-19-26-21-28(33)23-29(34)22-26/h2,9-10,13-15,18,21-24,30H,1,3-8,11-12,16-17,19-20,33-34H2. The number of esters is 2. The van der Waals surface area contributed by atoms with Gasteiger partial charge in [-0.05, 0) is 92.0 Å². The predicted molar refractivity (Wildman–Crippen MR) is 154 cm³/mol. The lowest BCUT2D eigenvalue weighted by Gasteiger charge is -2.28. The van der Waals surface area contributed by atoms with Crippen molar-refractivity contribution in [2.45, 2.75) is 76.7 Å². The van der Waals surface area contributed by atoms with Crippen LogP contribution < -0.4 is 11.5 Å². The molecule has 0 heterocycles. The Labute approximate surface area is 227 Å². The van der Waals surface area contributed by atoms with Gasteiger partial charge in [-0.1, -0.05) is 43.9 Å². The fraction of sp³-hybridized carbons (Fsp3) is 0.438. The molecule has 0 spiro atoms. The molecule has 204 valence electrons. The number of nitrogen functional groups attached to an aromatic ring is 2. The van der Waals surface area contributed by atoms with Gasteiger partial charge in [-0.2, -0.15) is 0 Å².